The molecule has 0 saturated heterocycles. The maximum atomic E-state index is 12.4. The van der Waals surface area contributed by atoms with E-state index in [2.05, 4.69) is 13.5 Å². The van der Waals surface area contributed by atoms with Gasteiger partial charge in [0, 0.05) is 0 Å². The number of rotatable bonds is 5. The molecule has 0 atom stereocenters. The fourth-order valence-electron chi connectivity index (χ4n) is 5.44. The molecule has 128 valence electrons. The summed E-state index contributed by atoms with van der Waals surface area (Å²) < 4.78 is 11.6. The van der Waals surface area contributed by atoms with Gasteiger partial charge in [0.2, 0.25) is 0 Å². The van der Waals surface area contributed by atoms with Crippen molar-refractivity contribution in [3.63, 3.8) is 0 Å². The summed E-state index contributed by atoms with van der Waals surface area (Å²) in [6, 6.07) is 7.58. The first-order valence-corrected chi connectivity index (χ1v) is 9.14. The first kappa shape index (κ1) is 15.7. The van der Waals surface area contributed by atoms with E-state index in [0.29, 0.717) is 17.6 Å². The molecule has 4 aliphatic rings. The smallest absolute Gasteiger partial charge is 0.344 e. The summed E-state index contributed by atoms with van der Waals surface area (Å²) in [5.74, 6) is 3.27. The normalized spacial score (nSPS) is 36.4. The molecule has 0 heterocycles. The van der Waals surface area contributed by atoms with Crippen LogP contribution in [-0.4, -0.2) is 18.2 Å². The van der Waals surface area contributed by atoms with Crippen LogP contribution in [-0.2, 0) is 9.53 Å². The van der Waals surface area contributed by atoms with Crippen LogP contribution in [0.4, 0.5) is 0 Å². The Morgan fingerprint density at radius 3 is 2.50 bits per heavy atom. The van der Waals surface area contributed by atoms with E-state index in [1.807, 2.05) is 24.3 Å². The standard InChI is InChI=1S/C21H26O3/c1-3-14-5-4-6-19(12-14)23-13-20(22)24-21(2)17-8-15-7-16(10-17)11-18(21)9-15/h3-6,12,15-18H,1,7-11,13H2,2H3. The minimum Gasteiger partial charge on any atom is -0.482 e. The largest absolute Gasteiger partial charge is 0.482 e. The number of hydrogen-bond donors (Lipinski definition) is 0. The molecule has 0 aliphatic heterocycles. The van der Waals surface area contributed by atoms with Crippen molar-refractivity contribution in [1.29, 1.82) is 0 Å². The highest BCUT2D eigenvalue weighted by Crippen LogP contribution is 2.59. The third-order valence-corrected chi connectivity index (χ3v) is 6.54. The second-order valence-corrected chi connectivity index (χ2v) is 8.03. The lowest BCUT2D eigenvalue weighted by atomic mass is 9.50. The van der Waals surface area contributed by atoms with Crippen LogP contribution in [0.5, 0.6) is 5.75 Å². The van der Waals surface area contributed by atoms with Gasteiger partial charge in [0.1, 0.15) is 11.4 Å². The lowest BCUT2D eigenvalue weighted by molar-refractivity contribution is -0.204. The van der Waals surface area contributed by atoms with Crippen LogP contribution in [0.2, 0.25) is 0 Å². The second kappa shape index (κ2) is 5.94. The summed E-state index contributed by atoms with van der Waals surface area (Å²) in [7, 11) is 0. The van der Waals surface area contributed by atoms with E-state index in [4.69, 9.17) is 9.47 Å². The van der Waals surface area contributed by atoms with Gasteiger partial charge in [-0.15, -0.1) is 0 Å². The average molecular weight is 326 g/mol. The van der Waals surface area contributed by atoms with E-state index in [1.165, 1.54) is 32.1 Å². The zero-order chi connectivity index (χ0) is 16.7. The highest BCUT2D eigenvalue weighted by Gasteiger charge is 2.57. The quantitative estimate of drug-likeness (QED) is 0.749. The van der Waals surface area contributed by atoms with E-state index < -0.39 is 0 Å². The van der Waals surface area contributed by atoms with Gasteiger partial charge in [-0.1, -0.05) is 24.8 Å². The molecule has 24 heavy (non-hydrogen) atoms. The van der Waals surface area contributed by atoms with E-state index in [1.54, 1.807) is 6.08 Å². The van der Waals surface area contributed by atoms with Crippen molar-refractivity contribution in [2.45, 2.75) is 44.6 Å². The van der Waals surface area contributed by atoms with Crippen LogP contribution in [0, 0.1) is 23.7 Å². The predicted octanol–water partition coefficient (Wildman–Crippen LogP) is 4.47. The van der Waals surface area contributed by atoms with Gasteiger partial charge in [0.05, 0.1) is 0 Å². The molecule has 4 fully saturated rings. The van der Waals surface area contributed by atoms with Crippen molar-refractivity contribution in [1.82, 2.24) is 0 Å². The number of benzene rings is 1. The molecule has 1 aromatic rings. The van der Waals surface area contributed by atoms with Gasteiger partial charge in [0.15, 0.2) is 6.61 Å². The Morgan fingerprint density at radius 1 is 1.21 bits per heavy atom. The molecule has 0 aromatic heterocycles. The van der Waals surface area contributed by atoms with Crippen molar-refractivity contribution in [3.8, 4) is 5.75 Å². The Kier molecular flexibility index (Phi) is 3.90. The third kappa shape index (κ3) is 2.74. The summed E-state index contributed by atoms with van der Waals surface area (Å²) in [5, 5.41) is 0. The van der Waals surface area contributed by atoms with Gasteiger partial charge >= 0.3 is 5.97 Å². The van der Waals surface area contributed by atoms with Crippen molar-refractivity contribution in [2.24, 2.45) is 23.7 Å². The fourth-order valence-corrected chi connectivity index (χ4v) is 5.44. The Labute approximate surface area is 144 Å². The molecule has 0 unspecified atom stereocenters. The second-order valence-electron chi connectivity index (χ2n) is 8.03. The molecule has 0 spiro atoms. The fraction of sp³-hybridized carbons (Fsp3) is 0.571. The minimum absolute atomic E-state index is 0.0253. The molecule has 1 aromatic carbocycles. The number of esters is 1. The SMILES string of the molecule is C=Cc1cccc(OCC(=O)OC2(C)C3CC4CC(C3)CC2C4)c1. The molecule has 0 radical (unpaired) electrons. The van der Waals surface area contributed by atoms with Gasteiger partial charge in [0.25, 0.3) is 0 Å². The van der Waals surface area contributed by atoms with Crippen molar-refractivity contribution in [2.75, 3.05) is 6.61 Å². The average Bonchev–Trinajstić information content (AvgIpc) is 2.58. The molecule has 3 heteroatoms. The molecule has 4 bridgehead atoms. The Balaban J connectivity index is 1.38. The Morgan fingerprint density at radius 2 is 1.88 bits per heavy atom. The van der Waals surface area contributed by atoms with E-state index >= 15 is 0 Å². The van der Waals surface area contributed by atoms with Gasteiger partial charge in [-0.2, -0.15) is 0 Å². The molecule has 4 saturated carbocycles. The minimum atomic E-state index is -0.281. The number of carbonyl (C=O) groups is 1. The maximum Gasteiger partial charge on any atom is 0.344 e. The third-order valence-electron chi connectivity index (χ3n) is 6.54. The monoisotopic (exact) mass is 326 g/mol. The Bertz CT molecular complexity index is 620. The molecule has 0 N–H and O–H groups in total. The van der Waals surface area contributed by atoms with E-state index in [-0.39, 0.29) is 18.2 Å². The lowest BCUT2D eigenvalue weighted by Gasteiger charge is -2.59. The highest BCUT2D eigenvalue weighted by molar-refractivity contribution is 5.71. The van der Waals surface area contributed by atoms with Crippen LogP contribution in [0.15, 0.2) is 30.8 Å². The molecular formula is C21H26O3. The molecule has 0 amide bonds. The first-order chi connectivity index (χ1) is 11.6. The summed E-state index contributed by atoms with van der Waals surface area (Å²) in [6.07, 6.45) is 8.11. The molecule has 4 aliphatic carbocycles. The van der Waals surface area contributed by atoms with Gasteiger partial charge in [-0.3, -0.25) is 0 Å². The Hall–Kier alpha value is -1.77. The number of hydrogen-bond acceptors (Lipinski definition) is 3. The zero-order valence-corrected chi connectivity index (χ0v) is 14.4. The van der Waals surface area contributed by atoms with Crippen LogP contribution < -0.4 is 4.74 Å². The van der Waals surface area contributed by atoms with E-state index in [0.717, 1.165) is 17.4 Å². The molecule has 5 rings (SSSR count). The topological polar surface area (TPSA) is 35.5 Å². The van der Waals surface area contributed by atoms with Crippen LogP contribution in [0.1, 0.15) is 44.6 Å². The maximum absolute atomic E-state index is 12.4. The van der Waals surface area contributed by atoms with Crippen LogP contribution in [0.25, 0.3) is 6.08 Å². The summed E-state index contributed by atoms with van der Waals surface area (Å²) in [5.41, 5.74) is 0.700. The van der Waals surface area contributed by atoms with Crippen molar-refractivity contribution < 1.29 is 14.3 Å². The van der Waals surface area contributed by atoms with Crippen molar-refractivity contribution in [3.05, 3.63) is 36.4 Å². The summed E-state index contributed by atoms with van der Waals surface area (Å²) in [6.45, 7) is 5.89. The van der Waals surface area contributed by atoms with Crippen LogP contribution >= 0.6 is 0 Å². The van der Waals surface area contributed by atoms with Crippen molar-refractivity contribution >= 4 is 12.0 Å². The van der Waals surface area contributed by atoms with Crippen LogP contribution in [0.3, 0.4) is 0 Å². The lowest BCUT2D eigenvalue weighted by Crippen LogP contribution is -2.58. The summed E-state index contributed by atoms with van der Waals surface area (Å²) >= 11 is 0. The predicted molar refractivity (Wildman–Crippen MR) is 93.6 cm³/mol. The van der Waals surface area contributed by atoms with Gasteiger partial charge in [-0.05, 0) is 80.4 Å². The summed E-state index contributed by atoms with van der Waals surface area (Å²) in [4.78, 5) is 12.4. The highest BCUT2D eigenvalue weighted by atomic mass is 16.6. The number of carbonyl (C=O) groups excluding carboxylic acids is 1. The zero-order valence-electron chi connectivity index (χ0n) is 14.4. The van der Waals surface area contributed by atoms with E-state index in [9.17, 15) is 4.79 Å². The van der Waals surface area contributed by atoms with Gasteiger partial charge < -0.3 is 9.47 Å². The van der Waals surface area contributed by atoms with Gasteiger partial charge in [-0.25, -0.2) is 4.79 Å². The first-order valence-electron chi connectivity index (χ1n) is 9.14. The molecule has 3 nitrogen and oxygen atoms in total. The number of ether oxygens (including phenoxy) is 2. The molecular weight excluding hydrogens is 300 g/mol.